The first-order chi connectivity index (χ1) is 12.8. The summed E-state index contributed by atoms with van der Waals surface area (Å²) in [4.78, 5) is 4.69. The Hall–Kier alpha value is -2.66. The van der Waals surface area contributed by atoms with E-state index >= 15 is 0 Å². The second kappa shape index (κ2) is 6.25. The van der Waals surface area contributed by atoms with Crippen LogP contribution in [0.15, 0.2) is 59.1 Å². The second-order valence-corrected chi connectivity index (χ2v) is 7.27. The van der Waals surface area contributed by atoms with Gasteiger partial charge in [-0.3, -0.25) is 0 Å². The highest BCUT2D eigenvalue weighted by Gasteiger charge is 2.58. The number of ether oxygens (including phenoxy) is 1. The molecular formula is C21H21N3O2. The topological polar surface area (TPSA) is 60.2 Å². The number of hydrogen-bond donors (Lipinski definition) is 1. The summed E-state index contributed by atoms with van der Waals surface area (Å²) in [6, 6.07) is 18.0. The van der Waals surface area contributed by atoms with E-state index in [-0.39, 0.29) is 0 Å². The van der Waals surface area contributed by atoms with Gasteiger partial charge in [0.25, 0.3) is 0 Å². The summed E-state index contributed by atoms with van der Waals surface area (Å²) < 4.78 is 11.6. The molecule has 0 amide bonds. The normalized spacial score (nSPS) is 24.1. The van der Waals surface area contributed by atoms with Crippen molar-refractivity contribution in [3.05, 3.63) is 66.1 Å². The van der Waals surface area contributed by atoms with Crippen molar-refractivity contribution in [1.29, 1.82) is 0 Å². The van der Waals surface area contributed by atoms with Crippen molar-refractivity contribution in [2.24, 2.45) is 5.41 Å². The predicted octanol–water partition coefficient (Wildman–Crippen LogP) is 3.78. The average Bonchev–Trinajstić information content (AvgIpc) is 3.03. The molecule has 5 heteroatoms. The van der Waals surface area contributed by atoms with Gasteiger partial charge in [0, 0.05) is 12.5 Å². The van der Waals surface area contributed by atoms with Crippen LogP contribution in [0.1, 0.15) is 30.2 Å². The van der Waals surface area contributed by atoms with Crippen molar-refractivity contribution in [2.75, 3.05) is 13.1 Å². The van der Waals surface area contributed by atoms with E-state index in [4.69, 9.17) is 14.2 Å². The number of aromatic nitrogens is 2. The molecule has 2 heterocycles. The zero-order valence-electron chi connectivity index (χ0n) is 14.5. The van der Waals surface area contributed by atoms with Crippen molar-refractivity contribution in [1.82, 2.24) is 15.5 Å². The maximum Gasteiger partial charge on any atom is 0.230 e. The molecule has 26 heavy (non-hydrogen) atoms. The second-order valence-electron chi connectivity index (χ2n) is 7.27. The van der Waals surface area contributed by atoms with E-state index < -0.39 is 0 Å². The summed E-state index contributed by atoms with van der Waals surface area (Å²) in [5, 5.41) is 7.68. The summed E-state index contributed by atoms with van der Waals surface area (Å²) in [6.45, 7) is 2.67. The lowest BCUT2D eigenvalue weighted by molar-refractivity contribution is 0.307. The number of para-hydroxylation sites is 1. The van der Waals surface area contributed by atoms with E-state index in [2.05, 4.69) is 22.6 Å². The Morgan fingerprint density at radius 1 is 1.12 bits per heavy atom. The molecule has 5 rings (SSSR count). The largest absolute Gasteiger partial charge is 0.488 e. The first kappa shape index (κ1) is 15.6. The summed E-state index contributed by atoms with van der Waals surface area (Å²) in [5.41, 5.74) is 2.36. The molecule has 0 radical (unpaired) electrons. The summed E-state index contributed by atoms with van der Waals surface area (Å²) in [7, 11) is 0. The van der Waals surface area contributed by atoms with E-state index in [0.717, 1.165) is 42.3 Å². The van der Waals surface area contributed by atoms with Gasteiger partial charge in [-0.1, -0.05) is 47.6 Å². The zero-order chi connectivity index (χ0) is 17.4. The molecule has 1 spiro atoms. The lowest BCUT2D eigenvalue weighted by atomic mass is 10.0. The highest BCUT2D eigenvalue weighted by molar-refractivity contribution is 5.63. The number of benzene rings is 2. The minimum Gasteiger partial charge on any atom is -0.488 e. The van der Waals surface area contributed by atoms with Crippen molar-refractivity contribution in [2.45, 2.75) is 25.4 Å². The van der Waals surface area contributed by atoms with E-state index in [1.807, 2.05) is 42.5 Å². The third kappa shape index (κ3) is 2.78. The molecule has 3 aromatic rings. The van der Waals surface area contributed by atoms with Gasteiger partial charge in [0.05, 0.1) is 5.56 Å². The first-order valence-electron chi connectivity index (χ1n) is 9.15. The molecule has 1 aliphatic carbocycles. The molecule has 2 aromatic carbocycles. The highest BCUT2D eigenvalue weighted by Crippen LogP contribution is 2.62. The maximum atomic E-state index is 6.02. The Morgan fingerprint density at radius 3 is 2.81 bits per heavy atom. The van der Waals surface area contributed by atoms with Crippen LogP contribution in [-0.4, -0.2) is 23.2 Å². The average molecular weight is 347 g/mol. The number of nitrogens with one attached hydrogen (secondary N) is 1. The number of nitrogens with zero attached hydrogens (tertiary/aromatic N) is 2. The Labute approximate surface area is 152 Å². The van der Waals surface area contributed by atoms with Crippen LogP contribution in [0.2, 0.25) is 0 Å². The fourth-order valence-corrected chi connectivity index (χ4v) is 3.93. The molecule has 5 nitrogen and oxygen atoms in total. The van der Waals surface area contributed by atoms with Crippen LogP contribution in [0.25, 0.3) is 11.4 Å². The monoisotopic (exact) mass is 347 g/mol. The molecule has 1 aliphatic heterocycles. The lowest BCUT2D eigenvalue weighted by Crippen LogP contribution is -2.10. The van der Waals surface area contributed by atoms with Crippen molar-refractivity contribution < 1.29 is 9.26 Å². The van der Waals surface area contributed by atoms with Crippen LogP contribution >= 0.6 is 0 Å². The Kier molecular flexibility index (Phi) is 3.75. The van der Waals surface area contributed by atoms with E-state index in [9.17, 15) is 0 Å². The molecule has 2 aliphatic rings. The van der Waals surface area contributed by atoms with Gasteiger partial charge in [-0.15, -0.1) is 0 Å². The Bertz CT molecular complexity index is 900. The molecule has 2 fully saturated rings. The third-order valence-electron chi connectivity index (χ3n) is 5.57. The summed E-state index contributed by atoms with van der Waals surface area (Å²) in [5.74, 6) is 2.55. The van der Waals surface area contributed by atoms with Gasteiger partial charge >= 0.3 is 0 Å². The quantitative estimate of drug-likeness (QED) is 0.761. The van der Waals surface area contributed by atoms with Gasteiger partial charge in [0.15, 0.2) is 0 Å². The molecule has 2 atom stereocenters. The van der Waals surface area contributed by atoms with Gasteiger partial charge in [0.2, 0.25) is 11.7 Å². The van der Waals surface area contributed by atoms with Gasteiger partial charge in [-0.25, -0.2) is 0 Å². The maximum absolute atomic E-state index is 6.02. The standard InChI is InChI=1S/C21H21N3O2/c1-2-6-15(7-3-1)13-25-18-9-5-4-8-16(18)19-23-20(26-24-19)17-12-21(17)10-11-22-14-21/h1-9,17,22H,10-14H2. The predicted molar refractivity (Wildman–Crippen MR) is 97.8 cm³/mol. The molecular weight excluding hydrogens is 326 g/mol. The molecule has 1 saturated heterocycles. The van der Waals surface area contributed by atoms with Gasteiger partial charge in [0.1, 0.15) is 12.4 Å². The van der Waals surface area contributed by atoms with E-state index in [1.54, 1.807) is 0 Å². The Morgan fingerprint density at radius 2 is 1.96 bits per heavy atom. The highest BCUT2D eigenvalue weighted by atomic mass is 16.5. The molecule has 2 unspecified atom stereocenters. The van der Waals surface area contributed by atoms with E-state index in [1.165, 1.54) is 6.42 Å². The van der Waals surface area contributed by atoms with Crippen LogP contribution in [0.4, 0.5) is 0 Å². The fraction of sp³-hybridized carbons (Fsp3) is 0.333. The van der Waals surface area contributed by atoms with Gasteiger partial charge in [-0.2, -0.15) is 4.98 Å². The zero-order valence-corrected chi connectivity index (χ0v) is 14.5. The molecule has 1 saturated carbocycles. The number of hydrogen-bond acceptors (Lipinski definition) is 5. The summed E-state index contributed by atoms with van der Waals surface area (Å²) >= 11 is 0. The van der Waals surface area contributed by atoms with Gasteiger partial charge in [-0.05, 0) is 42.5 Å². The number of rotatable bonds is 5. The molecule has 1 aromatic heterocycles. The van der Waals surface area contributed by atoms with Crippen molar-refractivity contribution >= 4 is 0 Å². The first-order valence-corrected chi connectivity index (χ1v) is 9.15. The summed E-state index contributed by atoms with van der Waals surface area (Å²) in [6.07, 6.45) is 2.35. The van der Waals surface area contributed by atoms with E-state index in [0.29, 0.717) is 23.8 Å². The fourth-order valence-electron chi connectivity index (χ4n) is 3.93. The minimum atomic E-state index is 0.354. The van der Waals surface area contributed by atoms with Crippen LogP contribution in [0.5, 0.6) is 5.75 Å². The van der Waals surface area contributed by atoms with Gasteiger partial charge < -0.3 is 14.6 Å². The van der Waals surface area contributed by atoms with Crippen LogP contribution < -0.4 is 10.1 Å². The Balaban J connectivity index is 1.36. The van der Waals surface area contributed by atoms with Crippen LogP contribution in [0.3, 0.4) is 0 Å². The van der Waals surface area contributed by atoms with Crippen LogP contribution in [-0.2, 0) is 6.61 Å². The SMILES string of the molecule is c1ccc(COc2ccccc2-c2noc(C3CC34CCNC4)n2)cc1. The minimum absolute atomic E-state index is 0.354. The van der Waals surface area contributed by atoms with Crippen LogP contribution in [0, 0.1) is 5.41 Å². The third-order valence-corrected chi connectivity index (χ3v) is 5.57. The lowest BCUT2D eigenvalue weighted by Gasteiger charge is -2.09. The van der Waals surface area contributed by atoms with Crippen molar-refractivity contribution in [3.8, 4) is 17.1 Å². The molecule has 0 bridgehead atoms. The molecule has 1 N–H and O–H groups in total. The smallest absolute Gasteiger partial charge is 0.230 e. The van der Waals surface area contributed by atoms with Crippen molar-refractivity contribution in [3.63, 3.8) is 0 Å². The molecule has 132 valence electrons.